The van der Waals surface area contributed by atoms with E-state index in [9.17, 15) is 4.39 Å². The van der Waals surface area contributed by atoms with Crippen LogP contribution in [0.25, 0.3) is 0 Å². The van der Waals surface area contributed by atoms with Crippen molar-refractivity contribution in [3.05, 3.63) is 70.5 Å². The SMILES string of the molecule is CC(=O)O.OCCCC[C@H]1Cc2cc(F)ccc2Cc2ccccc21. The number of rotatable bonds is 4. The van der Waals surface area contributed by atoms with Gasteiger partial charge in [-0.3, -0.25) is 4.79 Å². The summed E-state index contributed by atoms with van der Waals surface area (Å²) in [6.45, 7) is 1.33. The third kappa shape index (κ3) is 5.68. The highest BCUT2D eigenvalue weighted by Gasteiger charge is 2.21. The van der Waals surface area contributed by atoms with Crippen LogP contribution in [0.5, 0.6) is 0 Å². The summed E-state index contributed by atoms with van der Waals surface area (Å²) in [5, 5.41) is 16.4. The summed E-state index contributed by atoms with van der Waals surface area (Å²) in [4.78, 5) is 9.00. The number of aliphatic hydroxyl groups excluding tert-OH is 1. The number of benzene rings is 2. The molecule has 0 radical (unpaired) electrons. The van der Waals surface area contributed by atoms with Crippen molar-refractivity contribution in [1.82, 2.24) is 0 Å². The zero-order valence-electron chi connectivity index (χ0n) is 14.5. The van der Waals surface area contributed by atoms with Gasteiger partial charge in [0.15, 0.2) is 0 Å². The summed E-state index contributed by atoms with van der Waals surface area (Å²) in [7, 11) is 0. The topological polar surface area (TPSA) is 57.5 Å². The Labute approximate surface area is 148 Å². The zero-order valence-corrected chi connectivity index (χ0v) is 14.5. The molecule has 25 heavy (non-hydrogen) atoms. The second kappa shape index (κ2) is 9.33. The lowest BCUT2D eigenvalue weighted by Crippen LogP contribution is -2.04. The van der Waals surface area contributed by atoms with Gasteiger partial charge in [0.1, 0.15) is 5.82 Å². The summed E-state index contributed by atoms with van der Waals surface area (Å²) in [6, 6.07) is 13.8. The highest BCUT2D eigenvalue weighted by Crippen LogP contribution is 2.35. The Hall–Kier alpha value is -2.20. The van der Waals surface area contributed by atoms with E-state index in [0.717, 1.165) is 44.6 Å². The Balaban J connectivity index is 0.000000511. The van der Waals surface area contributed by atoms with Crippen molar-refractivity contribution in [2.75, 3.05) is 6.61 Å². The molecule has 134 valence electrons. The fourth-order valence-corrected chi connectivity index (χ4v) is 3.39. The molecule has 2 aromatic rings. The van der Waals surface area contributed by atoms with Crippen LogP contribution >= 0.6 is 0 Å². The Morgan fingerprint density at radius 3 is 2.56 bits per heavy atom. The van der Waals surface area contributed by atoms with Gasteiger partial charge in [-0.2, -0.15) is 0 Å². The van der Waals surface area contributed by atoms with Gasteiger partial charge in [0.05, 0.1) is 0 Å². The van der Waals surface area contributed by atoms with Crippen molar-refractivity contribution in [2.24, 2.45) is 0 Å². The van der Waals surface area contributed by atoms with Gasteiger partial charge in [0, 0.05) is 13.5 Å². The molecule has 1 aliphatic carbocycles. The van der Waals surface area contributed by atoms with Crippen LogP contribution in [0.3, 0.4) is 0 Å². The first-order valence-electron chi connectivity index (χ1n) is 8.66. The van der Waals surface area contributed by atoms with Gasteiger partial charge in [0.2, 0.25) is 0 Å². The molecule has 0 unspecified atom stereocenters. The zero-order chi connectivity index (χ0) is 18.2. The Morgan fingerprint density at radius 2 is 1.84 bits per heavy atom. The highest BCUT2D eigenvalue weighted by molar-refractivity contribution is 5.62. The molecule has 0 spiro atoms. The molecule has 0 amide bonds. The van der Waals surface area contributed by atoms with Gasteiger partial charge in [-0.25, -0.2) is 4.39 Å². The van der Waals surface area contributed by atoms with Crippen molar-refractivity contribution in [3.63, 3.8) is 0 Å². The lowest BCUT2D eigenvalue weighted by atomic mass is 9.87. The molecule has 0 fully saturated rings. The summed E-state index contributed by atoms with van der Waals surface area (Å²) in [5.74, 6) is -0.551. The number of fused-ring (bicyclic) bond motifs is 2. The first-order chi connectivity index (χ1) is 12.0. The summed E-state index contributed by atoms with van der Waals surface area (Å²) < 4.78 is 13.6. The third-order valence-corrected chi connectivity index (χ3v) is 4.47. The first-order valence-corrected chi connectivity index (χ1v) is 8.66. The van der Waals surface area contributed by atoms with E-state index in [2.05, 4.69) is 24.3 Å². The molecule has 0 saturated carbocycles. The van der Waals surface area contributed by atoms with Gasteiger partial charge >= 0.3 is 0 Å². The average molecular weight is 344 g/mol. The van der Waals surface area contributed by atoms with E-state index < -0.39 is 5.97 Å². The number of halogens is 1. The molecule has 3 rings (SSSR count). The van der Waals surface area contributed by atoms with Crippen LogP contribution in [-0.2, 0) is 17.6 Å². The van der Waals surface area contributed by atoms with E-state index in [4.69, 9.17) is 15.0 Å². The summed E-state index contributed by atoms with van der Waals surface area (Å²) >= 11 is 0. The standard InChI is InChI=1S/C19H21FO.C2H4O2/c20-18-9-8-14-11-15-5-1-2-7-19(15)16(6-3-4-10-21)12-17(14)13-18;1-2(3)4/h1-2,5,7-9,13,16,21H,3-4,6,10-12H2;1H3,(H,3,4)/t16-;/m0./s1. The molecule has 2 aromatic carbocycles. The maximum absolute atomic E-state index is 13.6. The van der Waals surface area contributed by atoms with Crippen LogP contribution in [0.4, 0.5) is 4.39 Å². The molecule has 0 bridgehead atoms. The van der Waals surface area contributed by atoms with Crippen LogP contribution in [0, 0.1) is 5.82 Å². The van der Waals surface area contributed by atoms with E-state index in [-0.39, 0.29) is 12.4 Å². The normalized spacial score (nSPS) is 15.2. The number of hydrogen-bond donors (Lipinski definition) is 2. The quantitative estimate of drug-likeness (QED) is 0.813. The first kappa shape index (κ1) is 19.1. The number of aliphatic carboxylic acids is 1. The number of hydrogen-bond acceptors (Lipinski definition) is 2. The van der Waals surface area contributed by atoms with Crippen LogP contribution in [0.2, 0.25) is 0 Å². The van der Waals surface area contributed by atoms with Crippen LogP contribution in [0.1, 0.15) is 54.4 Å². The van der Waals surface area contributed by atoms with Crippen LogP contribution in [0.15, 0.2) is 42.5 Å². The van der Waals surface area contributed by atoms with Crippen LogP contribution in [-0.4, -0.2) is 22.8 Å². The molecule has 3 nitrogen and oxygen atoms in total. The number of unbranched alkanes of at least 4 members (excludes halogenated alkanes) is 1. The number of carboxylic acid groups (broad SMARTS) is 1. The van der Waals surface area contributed by atoms with E-state index >= 15 is 0 Å². The minimum atomic E-state index is -0.833. The predicted octanol–water partition coefficient (Wildman–Crippen LogP) is 4.31. The molecule has 0 heterocycles. The number of carboxylic acids is 1. The maximum atomic E-state index is 13.6. The molecule has 4 heteroatoms. The number of carbonyl (C=O) groups is 1. The molecular weight excluding hydrogens is 319 g/mol. The van der Waals surface area contributed by atoms with Crippen molar-refractivity contribution < 1.29 is 19.4 Å². The minimum absolute atomic E-state index is 0.145. The Kier molecular flexibility index (Phi) is 7.14. The monoisotopic (exact) mass is 344 g/mol. The molecule has 1 aliphatic rings. The van der Waals surface area contributed by atoms with Crippen molar-refractivity contribution in [2.45, 2.75) is 44.9 Å². The van der Waals surface area contributed by atoms with E-state index in [0.29, 0.717) is 5.92 Å². The maximum Gasteiger partial charge on any atom is 0.300 e. The molecule has 0 aliphatic heterocycles. The molecule has 0 aromatic heterocycles. The lowest BCUT2D eigenvalue weighted by Gasteiger charge is -2.18. The summed E-state index contributed by atoms with van der Waals surface area (Å²) in [5.41, 5.74) is 5.14. The van der Waals surface area contributed by atoms with Crippen molar-refractivity contribution in [3.8, 4) is 0 Å². The van der Waals surface area contributed by atoms with Crippen molar-refractivity contribution in [1.29, 1.82) is 0 Å². The van der Waals surface area contributed by atoms with Gasteiger partial charge in [-0.1, -0.05) is 36.8 Å². The number of aliphatic hydroxyl groups is 1. The average Bonchev–Trinajstić information content (AvgIpc) is 2.71. The van der Waals surface area contributed by atoms with Gasteiger partial charge < -0.3 is 10.2 Å². The lowest BCUT2D eigenvalue weighted by molar-refractivity contribution is -0.134. The molecule has 1 atom stereocenters. The van der Waals surface area contributed by atoms with E-state index in [1.54, 1.807) is 12.1 Å². The minimum Gasteiger partial charge on any atom is -0.481 e. The Bertz CT molecular complexity index is 708. The molecular formula is C21H25FO3. The van der Waals surface area contributed by atoms with E-state index in [1.807, 2.05) is 6.07 Å². The van der Waals surface area contributed by atoms with E-state index in [1.165, 1.54) is 16.7 Å². The largest absolute Gasteiger partial charge is 0.481 e. The smallest absolute Gasteiger partial charge is 0.300 e. The second-order valence-corrected chi connectivity index (χ2v) is 6.43. The molecule has 0 saturated heterocycles. The molecule has 2 N–H and O–H groups in total. The summed E-state index contributed by atoms with van der Waals surface area (Å²) in [6.07, 6.45) is 4.69. The second-order valence-electron chi connectivity index (χ2n) is 6.43. The fourth-order valence-electron chi connectivity index (χ4n) is 3.39. The fraction of sp³-hybridized carbons (Fsp3) is 0.381. The van der Waals surface area contributed by atoms with Gasteiger partial charge in [0.25, 0.3) is 5.97 Å². The van der Waals surface area contributed by atoms with Gasteiger partial charge in [-0.15, -0.1) is 0 Å². The van der Waals surface area contributed by atoms with Gasteiger partial charge in [-0.05, 0) is 66.0 Å². The van der Waals surface area contributed by atoms with Crippen LogP contribution < -0.4 is 0 Å². The highest BCUT2D eigenvalue weighted by atomic mass is 19.1. The Morgan fingerprint density at radius 1 is 1.12 bits per heavy atom. The predicted molar refractivity (Wildman–Crippen MR) is 96.3 cm³/mol. The van der Waals surface area contributed by atoms with Crippen molar-refractivity contribution >= 4 is 5.97 Å². The third-order valence-electron chi connectivity index (χ3n) is 4.47.